The van der Waals surface area contributed by atoms with Gasteiger partial charge in [0.1, 0.15) is 0 Å². The first-order valence-corrected chi connectivity index (χ1v) is 8.79. The fourth-order valence-electron chi connectivity index (χ4n) is 2.85. The molecule has 0 unspecified atom stereocenters. The van der Waals surface area contributed by atoms with Crippen molar-refractivity contribution in [3.05, 3.63) is 89.2 Å². The quantitative estimate of drug-likeness (QED) is 0.685. The third kappa shape index (κ3) is 4.48. The summed E-state index contributed by atoms with van der Waals surface area (Å²) in [5, 5.41) is 6.31. The van der Waals surface area contributed by atoms with Crippen LogP contribution in [0.4, 0.5) is 11.4 Å². The highest BCUT2D eigenvalue weighted by molar-refractivity contribution is 5.94. The van der Waals surface area contributed by atoms with Gasteiger partial charge in [-0.05, 0) is 36.6 Å². The molecule has 4 heteroatoms. The summed E-state index contributed by atoms with van der Waals surface area (Å²) >= 11 is 0. The lowest BCUT2D eigenvalue weighted by Crippen LogP contribution is -2.23. The zero-order valence-electron chi connectivity index (χ0n) is 15.1. The first kappa shape index (κ1) is 17.7. The minimum Gasteiger partial charge on any atom is -0.354 e. The molecule has 0 spiro atoms. The lowest BCUT2D eigenvalue weighted by atomic mass is 10.1. The number of hydrogen-bond acceptors (Lipinski definition) is 3. The highest BCUT2D eigenvalue weighted by Crippen LogP contribution is 2.21. The highest BCUT2D eigenvalue weighted by atomic mass is 16.1. The molecular formula is C22H23N3O. The van der Waals surface area contributed by atoms with Crippen molar-refractivity contribution in [2.45, 2.75) is 26.8 Å². The van der Waals surface area contributed by atoms with Crippen LogP contribution in [0.2, 0.25) is 0 Å². The zero-order valence-corrected chi connectivity index (χ0v) is 15.1. The fourth-order valence-corrected chi connectivity index (χ4v) is 2.85. The van der Waals surface area contributed by atoms with Gasteiger partial charge in [-0.25, -0.2) is 0 Å². The van der Waals surface area contributed by atoms with Crippen molar-refractivity contribution in [2.24, 2.45) is 0 Å². The van der Waals surface area contributed by atoms with Gasteiger partial charge >= 0.3 is 0 Å². The molecule has 0 saturated carbocycles. The molecule has 0 saturated heterocycles. The van der Waals surface area contributed by atoms with E-state index in [1.165, 1.54) is 11.1 Å². The molecule has 1 heterocycles. The molecule has 2 N–H and O–H groups in total. The molecule has 132 valence electrons. The van der Waals surface area contributed by atoms with Gasteiger partial charge < -0.3 is 10.6 Å². The van der Waals surface area contributed by atoms with E-state index >= 15 is 0 Å². The number of hydrogen-bond donors (Lipinski definition) is 2. The van der Waals surface area contributed by atoms with E-state index in [9.17, 15) is 4.79 Å². The Bertz CT molecular complexity index is 905. The number of carbonyl (C=O) groups is 1. The van der Waals surface area contributed by atoms with Crippen LogP contribution in [0.3, 0.4) is 0 Å². The van der Waals surface area contributed by atoms with Gasteiger partial charge in [0.25, 0.3) is 5.91 Å². The van der Waals surface area contributed by atoms with Gasteiger partial charge in [-0.15, -0.1) is 0 Å². The molecule has 0 fully saturated rings. The van der Waals surface area contributed by atoms with Crippen molar-refractivity contribution < 1.29 is 4.79 Å². The number of aryl methyl sites for hydroxylation is 2. The van der Waals surface area contributed by atoms with Crippen LogP contribution in [0.1, 0.15) is 34.0 Å². The van der Waals surface area contributed by atoms with Crippen molar-refractivity contribution in [1.29, 1.82) is 0 Å². The van der Waals surface area contributed by atoms with E-state index in [-0.39, 0.29) is 5.91 Å². The van der Waals surface area contributed by atoms with Gasteiger partial charge in [-0.3, -0.25) is 9.78 Å². The number of aromatic nitrogens is 1. The second kappa shape index (κ2) is 8.30. The summed E-state index contributed by atoms with van der Waals surface area (Å²) in [7, 11) is 0. The Balaban J connectivity index is 1.69. The van der Waals surface area contributed by atoms with E-state index in [0.29, 0.717) is 12.1 Å². The van der Waals surface area contributed by atoms with Gasteiger partial charge in [-0.1, -0.05) is 55.0 Å². The number of nitrogens with zero attached hydrogens (tertiary/aromatic N) is 1. The van der Waals surface area contributed by atoms with Crippen LogP contribution in [0.5, 0.6) is 0 Å². The zero-order chi connectivity index (χ0) is 18.4. The first-order valence-electron chi connectivity index (χ1n) is 8.79. The Labute approximate surface area is 154 Å². The van der Waals surface area contributed by atoms with E-state index in [1.54, 1.807) is 12.4 Å². The smallest absolute Gasteiger partial charge is 0.253 e. The Morgan fingerprint density at radius 3 is 2.69 bits per heavy atom. The fraction of sp³-hybridized carbons (Fsp3) is 0.182. The largest absolute Gasteiger partial charge is 0.354 e. The van der Waals surface area contributed by atoms with E-state index in [2.05, 4.69) is 34.7 Å². The number of anilines is 2. The van der Waals surface area contributed by atoms with Gasteiger partial charge in [0.2, 0.25) is 0 Å². The predicted octanol–water partition coefficient (Wildman–Crippen LogP) is 4.63. The van der Waals surface area contributed by atoms with Crippen molar-refractivity contribution >= 4 is 17.3 Å². The molecule has 1 aromatic heterocycles. The van der Waals surface area contributed by atoms with Crippen LogP contribution in [0.25, 0.3) is 0 Å². The minimum atomic E-state index is -0.133. The average molecular weight is 345 g/mol. The van der Waals surface area contributed by atoms with Gasteiger partial charge in [0.05, 0.1) is 17.4 Å². The topological polar surface area (TPSA) is 54.0 Å². The summed E-state index contributed by atoms with van der Waals surface area (Å²) in [5.41, 5.74) is 5.86. The third-order valence-electron chi connectivity index (χ3n) is 4.21. The number of rotatable bonds is 6. The molecule has 2 aromatic carbocycles. The molecule has 0 atom stereocenters. The monoisotopic (exact) mass is 345 g/mol. The van der Waals surface area contributed by atoms with Crippen LogP contribution in [-0.2, 0) is 13.0 Å². The molecule has 0 radical (unpaired) electrons. The molecule has 26 heavy (non-hydrogen) atoms. The third-order valence-corrected chi connectivity index (χ3v) is 4.21. The molecule has 0 aliphatic heterocycles. The molecule has 0 aliphatic rings. The number of pyridine rings is 1. The molecule has 4 nitrogen and oxygen atoms in total. The number of nitrogens with one attached hydrogen (secondary N) is 2. The number of para-hydroxylation sites is 1. The molecule has 3 rings (SSSR count). The lowest BCUT2D eigenvalue weighted by Gasteiger charge is -2.12. The van der Waals surface area contributed by atoms with Crippen LogP contribution >= 0.6 is 0 Å². The second-order valence-corrected chi connectivity index (χ2v) is 6.27. The van der Waals surface area contributed by atoms with Crippen LogP contribution in [0, 0.1) is 6.92 Å². The van der Waals surface area contributed by atoms with Crippen LogP contribution in [0.15, 0.2) is 67.0 Å². The Hall–Kier alpha value is -3.14. The Morgan fingerprint density at radius 2 is 1.88 bits per heavy atom. The average Bonchev–Trinajstić information content (AvgIpc) is 2.67. The standard InChI is InChI=1S/C22H23N3O/c1-3-18-9-4-5-10-21(18)25-20-12-19(14-23-15-20)22(26)24-13-17-8-6-7-16(2)11-17/h4-12,14-15,25H,3,13H2,1-2H3,(H,24,26). The number of carbonyl (C=O) groups excluding carboxylic acids is 1. The van der Waals surface area contributed by atoms with Crippen molar-refractivity contribution in [1.82, 2.24) is 10.3 Å². The summed E-state index contributed by atoms with van der Waals surface area (Å²) in [6.45, 7) is 4.66. The number of benzene rings is 2. The summed E-state index contributed by atoms with van der Waals surface area (Å²) in [4.78, 5) is 16.7. The van der Waals surface area contributed by atoms with Crippen LogP contribution < -0.4 is 10.6 Å². The van der Waals surface area contributed by atoms with Gasteiger partial charge in [-0.2, -0.15) is 0 Å². The molecule has 3 aromatic rings. The summed E-state index contributed by atoms with van der Waals surface area (Å²) in [5.74, 6) is -0.133. The Kier molecular flexibility index (Phi) is 5.64. The second-order valence-electron chi connectivity index (χ2n) is 6.27. The van der Waals surface area contributed by atoms with E-state index < -0.39 is 0 Å². The highest BCUT2D eigenvalue weighted by Gasteiger charge is 2.08. The maximum Gasteiger partial charge on any atom is 0.253 e. The van der Waals surface area contributed by atoms with E-state index in [1.807, 2.05) is 49.4 Å². The Morgan fingerprint density at radius 1 is 1.04 bits per heavy atom. The molecular weight excluding hydrogens is 322 g/mol. The molecule has 0 aliphatic carbocycles. The van der Waals surface area contributed by atoms with Gasteiger partial charge in [0, 0.05) is 18.4 Å². The summed E-state index contributed by atoms with van der Waals surface area (Å²) < 4.78 is 0. The van der Waals surface area contributed by atoms with E-state index in [0.717, 1.165) is 23.4 Å². The number of amides is 1. The lowest BCUT2D eigenvalue weighted by molar-refractivity contribution is 0.0950. The first-order chi connectivity index (χ1) is 12.7. The summed E-state index contributed by atoms with van der Waals surface area (Å²) in [6, 6.07) is 18.1. The van der Waals surface area contributed by atoms with Crippen molar-refractivity contribution in [3.8, 4) is 0 Å². The maximum atomic E-state index is 12.5. The van der Waals surface area contributed by atoms with Crippen molar-refractivity contribution in [3.63, 3.8) is 0 Å². The molecule has 0 bridgehead atoms. The van der Waals surface area contributed by atoms with E-state index in [4.69, 9.17) is 0 Å². The predicted molar refractivity (Wildman–Crippen MR) is 106 cm³/mol. The van der Waals surface area contributed by atoms with Gasteiger partial charge in [0.15, 0.2) is 0 Å². The van der Waals surface area contributed by atoms with Crippen molar-refractivity contribution in [2.75, 3.05) is 5.32 Å². The maximum absolute atomic E-state index is 12.5. The SMILES string of the molecule is CCc1ccccc1Nc1cncc(C(=O)NCc2cccc(C)c2)c1. The summed E-state index contributed by atoms with van der Waals surface area (Å²) in [6.07, 6.45) is 4.25. The van der Waals surface area contributed by atoms with Crippen LogP contribution in [-0.4, -0.2) is 10.9 Å². The minimum absolute atomic E-state index is 0.133. The normalized spacial score (nSPS) is 10.4. The molecule has 1 amide bonds.